The third-order valence-corrected chi connectivity index (χ3v) is 3.70. The van der Waals surface area contributed by atoms with Gasteiger partial charge in [0.2, 0.25) is 0 Å². The standard InChI is InChI=1S/C16H20N2O/c1-16(2)11-12(8-10-19-16)18-15-7-3-6-14-13(15)5-4-9-17-14/h3-7,9,12,18H,8,10-11H2,1-2H3. The van der Waals surface area contributed by atoms with Crippen molar-refractivity contribution in [3.05, 3.63) is 36.5 Å². The maximum Gasteiger partial charge on any atom is 0.0722 e. The molecule has 2 aromatic rings. The Morgan fingerprint density at radius 3 is 3.00 bits per heavy atom. The Hall–Kier alpha value is -1.61. The molecule has 0 saturated carbocycles. The van der Waals surface area contributed by atoms with E-state index in [0.29, 0.717) is 6.04 Å². The van der Waals surface area contributed by atoms with E-state index in [1.807, 2.05) is 12.3 Å². The molecule has 0 aliphatic carbocycles. The fourth-order valence-corrected chi connectivity index (χ4v) is 2.80. The van der Waals surface area contributed by atoms with Crippen LogP contribution in [0.25, 0.3) is 10.9 Å². The number of benzene rings is 1. The van der Waals surface area contributed by atoms with Crippen molar-refractivity contribution in [1.29, 1.82) is 0 Å². The second kappa shape index (κ2) is 4.82. The summed E-state index contributed by atoms with van der Waals surface area (Å²) < 4.78 is 5.77. The quantitative estimate of drug-likeness (QED) is 0.891. The average molecular weight is 256 g/mol. The van der Waals surface area contributed by atoms with Crippen molar-refractivity contribution in [3.8, 4) is 0 Å². The van der Waals surface area contributed by atoms with Crippen LogP contribution in [0.15, 0.2) is 36.5 Å². The second-order valence-electron chi connectivity index (χ2n) is 5.82. The van der Waals surface area contributed by atoms with Crippen LogP contribution in [0, 0.1) is 0 Å². The fourth-order valence-electron chi connectivity index (χ4n) is 2.80. The summed E-state index contributed by atoms with van der Waals surface area (Å²) in [6.07, 6.45) is 3.92. The molecule has 1 aromatic carbocycles. The largest absolute Gasteiger partial charge is 0.382 e. The van der Waals surface area contributed by atoms with Crippen LogP contribution in [0.3, 0.4) is 0 Å². The molecule has 1 atom stereocenters. The van der Waals surface area contributed by atoms with Crippen molar-refractivity contribution in [2.24, 2.45) is 0 Å². The molecular weight excluding hydrogens is 236 g/mol. The molecule has 3 rings (SSSR count). The first-order valence-electron chi connectivity index (χ1n) is 6.88. The van der Waals surface area contributed by atoms with Crippen LogP contribution >= 0.6 is 0 Å². The minimum atomic E-state index is -0.0290. The highest BCUT2D eigenvalue weighted by atomic mass is 16.5. The molecule has 1 saturated heterocycles. The van der Waals surface area contributed by atoms with Crippen molar-refractivity contribution in [2.45, 2.75) is 38.3 Å². The van der Waals surface area contributed by atoms with E-state index in [2.05, 4.69) is 48.4 Å². The number of nitrogens with one attached hydrogen (secondary N) is 1. The molecule has 0 bridgehead atoms. The van der Waals surface area contributed by atoms with Crippen LogP contribution in [-0.4, -0.2) is 23.2 Å². The van der Waals surface area contributed by atoms with Gasteiger partial charge in [0, 0.05) is 29.9 Å². The van der Waals surface area contributed by atoms with E-state index in [1.165, 1.54) is 11.1 Å². The highest BCUT2D eigenvalue weighted by Gasteiger charge is 2.28. The average Bonchev–Trinajstić information content (AvgIpc) is 2.38. The molecule has 1 aliphatic heterocycles. The number of aromatic nitrogens is 1. The van der Waals surface area contributed by atoms with Crippen LogP contribution in [0.1, 0.15) is 26.7 Å². The molecule has 19 heavy (non-hydrogen) atoms. The summed E-state index contributed by atoms with van der Waals surface area (Å²) in [5.74, 6) is 0. The van der Waals surface area contributed by atoms with E-state index in [-0.39, 0.29) is 5.60 Å². The third-order valence-electron chi connectivity index (χ3n) is 3.70. The molecule has 100 valence electrons. The number of ether oxygens (including phenoxy) is 1. The Morgan fingerprint density at radius 1 is 1.26 bits per heavy atom. The van der Waals surface area contributed by atoms with E-state index < -0.39 is 0 Å². The SMILES string of the molecule is CC1(C)CC(Nc2cccc3ncccc23)CCO1. The van der Waals surface area contributed by atoms with E-state index in [4.69, 9.17) is 4.74 Å². The monoisotopic (exact) mass is 256 g/mol. The van der Waals surface area contributed by atoms with Gasteiger partial charge in [0.1, 0.15) is 0 Å². The maximum absolute atomic E-state index is 5.77. The van der Waals surface area contributed by atoms with Crippen LogP contribution < -0.4 is 5.32 Å². The first-order chi connectivity index (χ1) is 9.14. The predicted molar refractivity (Wildman–Crippen MR) is 78.4 cm³/mol. The molecule has 0 spiro atoms. The Morgan fingerprint density at radius 2 is 2.16 bits per heavy atom. The number of anilines is 1. The van der Waals surface area contributed by atoms with Gasteiger partial charge < -0.3 is 10.1 Å². The number of nitrogens with zero attached hydrogens (tertiary/aromatic N) is 1. The molecule has 3 heteroatoms. The molecule has 1 N–H and O–H groups in total. The minimum Gasteiger partial charge on any atom is -0.382 e. The fraction of sp³-hybridized carbons (Fsp3) is 0.438. The zero-order chi connectivity index (χ0) is 13.3. The van der Waals surface area contributed by atoms with Crippen LogP contribution in [0.4, 0.5) is 5.69 Å². The van der Waals surface area contributed by atoms with Crippen molar-refractivity contribution in [3.63, 3.8) is 0 Å². The highest BCUT2D eigenvalue weighted by Crippen LogP contribution is 2.28. The Labute approximate surface area is 114 Å². The van der Waals surface area contributed by atoms with Gasteiger partial charge in [0.05, 0.1) is 11.1 Å². The van der Waals surface area contributed by atoms with E-state index in [1.54, 1.807) is 0 Å². The zero-order valence-corrected chi connectivity index (χ0v) is 11.5. The van der Waals surface area contributed by atoms with Crippen LogP contribution in [0.5, 0.6) is 0 Å². The van der Waals surface area contributed by atoms with Crippen molar-refractivity contribution < 1.29 is 4.74 Å². The number of fused-ring (bicyclic) bond motifs is 1. The summed E-state index contributed by atoms with van der Waals surface area (Å²) in [6.45, 7) is 5.14. The van der Waals surface area contributed by atoms with Gasteiger partial charge in [0.25, 0.3) is 0 Å². The molecule has 0 radical (unpaired) electrons. The lowest BCUT2D eigenvalue weighted by Gasteiger charge is -2.36. The highest BCUT2D eigenvalue weighted by molar-refractivity contribution is 5.91. The molecule has 1 aromatic heterocycles. The second-order valence-corrected chi connectivity index (χ2v) is 5.82. The Kier molecular flexibility index (Phi) is 3.15. The van der Waals surface area contributed by atoms with Gasteiger partial charge in [-0.25, -0.2) is 0 Å². The number of hydrogen-bond acceptors (Lipinski definition) is 3. The normalized spacial score (nSPS) is 22.3. The predicted octanol–water partition coefficient (Wildman–Crippen LogP) is 3.60. The van der Waals surface area contributed by atoms with Crippen LogP contribution in [-0.2, 0) is 4.74 Å². The molecule has 1 unspecified atom stereocenters. The molecule has 1 aliphatic rings. The van der Waals surface area contributed by atoms with Crippen molar-refractivity contribution >= 4 is 16.6 Å². The van der Waals surface area contributed by atoms with Crippen LogP contribution in [0.2, 0.25) is 0 Å². The van der Waals surface area contributed by atoms with Crippen molar-refractivity contribution in [1.82, 2.24) is 4.98 Å². The number of rotatable bonds is 2. The lowest BCUT2D eigenvalue weighted by Crippen LogP contribution is -2.40. The summed E-state index contributed by atoms with van der Waals surface area (Å²) in [7, 11) is 0. The van der Waals surface area contributed by atoms with Gasteiger partial charge in [-0.2, -0.15) is 0 Å². The first-order valence-corrected chi connectivity index (χ1v) is 6.88. The summed E-state index contributed by atoms with van der Waals surface area (Å²) >= 11 is 0. The maximum atomic E-state index is 5.77. The molecule has 0 amide bonds. The van der Waals surface area contributed by atoms with Gasteiger partial charge in [-0.15, -0.1) is 0 Å². The minimum absolute atomic E-state index is 0.0290. The smallest absolute Gasteiger partial charge is 0.0722 e. The lowest BCUT2D eigenvalue weighted by atomic mass is 9.93. The molecular formula is C16H20N2O. The van der Waals surface area contributed by atoms with Gasteiger partial charge >= 0.3 is 0 Å². The Bertz CT molecular complexity index is 574. The van der Waals surface area contributed by atoms with Gasteiger partial charge in [-0.1, -0.05) is 6.07 Å². The van der Waals surface area contributed by atoms with Gasteiger partial charge in [0.15, 0.2) is 0 Å². The lowest BCUT2D eigenvalue weighted by molar-refractivity contribution is -0.0553. The summed E-state index contributed by atoms with van der Waals surface area (Å²) in [5.41, 5.74) is 2.19. The number of hydrogen-bond donors (Lipinski definition) is 1. The van der Waals surface area contributed by atoms with E-state index in [9.17, 15) is 0 Å². The summed E-state index contributed by atoms with van der Waals surface area (Å²) in [5, 5.41) is 4.85. The third kappa shape index (κ3) is 2.71. The van der Waals surface area contributed by atoms with Gasteiger partial charge in [-0.3, -0.25) is 4.98 Å². The number of pyridine rings is 1. The first kappa shape index (κ1) is 12.4. The molecule has 2 heterocycles. The van der Waals surface area contributed by atoms with E-state index >= 15 is 0 Å². The van der Waals surface area contributed by atoms with E-state index in [0.717, 1.165) is 25.0 Å². The Balaban J connectivity index is 1.85. The van der Waals surface area contributed by atoms with Crippen molar-refractivity contribution in [2.75, 3.05) is 11.9 Å². The zero-order valence-electron chi connectivity index (χ0n) is 11.5. The molecule has 3 nitrogen and oxygen atoms in total. The topological polar surface area (TPSA) is 34.2 Å². The molecule has 1 fully saturated rings. The summed E-state index contributed by atoms with van der Waals surface area (Å²) in [6, 6.07) is 10.8. The summed E-state index contributed by atoms with van der Waals surface area (Å²) in [4.78, 5) is 4.40. The van der Waals surface area contributed by atoms with Gasteiger partial charge in [-0.05, 0) is 51.0 Å².